The maximum atomic E-state index is 12.2. The lowest BCUT2D eigenvalue weighted by molar-refractivity contribution is 0.0967. The first kappa shape index (κ1) is 16.1. The monoisotopic (exact) mass is 387 g/mol. The second-order valence-corrected chi connectivity index (χ2v) is 6.14. The molecule has 0 aliphatic heterocycles. The van der Waals surface area contributed by atoms with Gasteiger partial charge in [-0.05, 0) is 31.2 Å². The molecule has 7 nitrogen and oxygen atoms in total. The van der Waals surface area contributed by atoms with E-state index in [1.807, 2.05) is 13.0 Å². The van der Waals surface area contributed by atoms with E-state index in [1.165, 1.54) is 6.20 Å². The zero-order valence-corrected chi connectivity index (χ0v) is 14.6. The summed E-state index contributed by atoms with van der Waals surface area (Å²) in [6, 6.07) is 8.14. The van der Waals surface area contributed by atoms with Gasteiger partial charge in [-0.15, -0.1) is 0 Å². The number of carbonyl (C=O) groups is 2. The predicted octanol–water partition coefficient (Wildman–Crippen LogP) is 3.00. The molecule has 0 saturated carbocycles. The van der Waals surface area contributed by atoms with Crippen molar-refractivity contribution in [2.45, 2.75) is 6.92 Å². The lowest BCUT2D eigenvalue weighted by atomic mass is 10.2. The summed E-state index contributed by atoms with van der Waals surface area (Å²) in [5.41, 5.74) is 2.32. The molecular formula is C16H14BrN5O2. The standard InChI is InChI=1S/C16H14BrN5O2/c1-9-13-6-10(8-18-14(13)22(2)21-9)15(23)20-16(24)19-12-5-3-4-11(17)7-12/h3-8H,1-2H3,(H2,19,20,23,24). The Labute approximate surface area is 146 Å². The maximum absolute atomic E-state index is 12.2. The maximum Gasteiger partial charge on any atom is 0.326 e. The van der Waals surface area contributed by atoms with Crippen LogP contribution >= 0.6 is 15.9 Å². The van der Waals surface area contributed by atoms with Crippen molar-refractivity contribution >= 4 is 44.6 Å². The van der Waals surface area contributed by atoms with Crippen LogP contribution in [0.1, 0.15) is 16.1 Å². The van der Waals surface area contributed by atoms with Crippen LogP contribution in [0.4, 0.5) is 10.5 Å². The van der Waals surface area contributed by atoms with E-state index < -0.39 is 11.9 Å². The number of halogens is 1. The molecule has 24 heavy (non-hydrogen) atoms. The summed E-state index contributed by atoms with van der Waals surface area (Å²) in [4.78, 5) is 28.4. The fraction of sp³-hybridized carbons (Fsp3) is 0.125. The van der Waals surface area contributed by atoms with Crippen molar-refractivity contribution in [3.63, 3.8) is 0 Å². The molecule has 0 bridgehead atoms. The van der Waals surface area contributed by atoms with Gasteiger partial charge in [0, 0.05) is 28.8 Å². The predicted molar refractivity (Wildman–Crippen MR) is 93.9 cm³/mol. The van der Waals surface area contributed by atoms with E-state index in [-0.39, 0.29) is 0 Å². The lowest BCUT2D eigenvalue weighted by Crippen LogP contribution is -2.34. The highest BCUT2D eigenvalue weighted by molar-refractivity contribution is 9.10. The van der Waals surface area contributed by atoms with Crippen molar-refractivity contribution in [3.05, 3.63) is 52.3 Å². The van der Waals surface area contributed by atoms with Crippen molar-refractivity contribution in [3.8, 4) is 0 Å². The summed E-state index contributed by atoms with van der Waals surface area (Å²) in [5.74, 6) is -0.528. The Hall–Kier alpha value is -2.74. The molecule has 0 atom stereocenters. The van der Waals surface area contributed by atoms with E-state index in [1.54, 1.807) is 36.0 Å². The van der Waals surface area contributed by atoms with Crippen LogP contribution in [-0.2, 0) is 7.05 Å². The zero-order chi connectivity index (χ0) is 17.3. The molecule has 3 rings (SSSR count). The molecule has 0 radical (unpaired) electrons. The molecule has 3 amide bonds. The number of aromatic nitrogens is 3. The van der Waals surface area contributed by atoms with Crippen LogP contribution in [-0.4, -0.2) is 26.7 Å². The fourth-order valence-corrected chi connectivity index (χ4v) is 2.74. The lowest BCUT2D eigenvalue weighted by Gasteiger charge is -2.07. The summed E-state index contributed by atoms with van der Waals surface area (Å²) in [6.07, 6.45) is 1.42. The Morgan fingerprint density at radius 1 is 1.25 bits per heavy atom. The van der Waals surface area contributed by atoms with Crippen molar-refractivity contribution in [1.82, 2.24) is 20.1 Å². The molecular weight excluding hydrogens is 374 g/mol. The number of amides is 3. The Morgan fingerprint density at radius 2 is 2.04 bits per heavy atom. The number of rotatable bonds is 2. The summed E-state index contributed by atoms with van der Waals surface area (Å²) >= 11 is 3.32. The molecule has 0 saturated heterocycles. The second kappa shape index (κ2) is 6.40. The largest absolute Gasteiger partial charge is 0.326 e. The van der Waals surface area contributed by atoms with Gasteiger partial charge in [-0.1, -0.05) is 22.0 Å². The number of benzene rings is 1. The van der Waals surface area contributed by atoms with Crippen LogP contribution in [0.25, 0.3) is 11.0 Å². The number of pyridine rings is 1. The molecule has 3 aromatic rings. The molecule has 0 fully saturated rings. The third kappa shape index (κ3) is 3.28. The van der Waals surface area contributed by atoms with Gasteiger partial charge in [0.25, 0.3) is 5.91 Å². The normalized spacial score (nSPS) is 10.6. The topological polar surface area (TPSA) is 88.9 Å². The van der Waals surface area contributed by atoms with Crippen LogP contribution in [0.3, 0.4) is 0 Å². The van der Waals surface area contributed by atoms with Crippen molar-refractivity contribution in [2.75, 3.05) is 5.32 Å². The third-order valence-corrected chi connectivity index (χ3v) is 3.93. The van der Waals surface area contributed by atoms with Gasteiger partial charge < -0.3 is 5.32 Å². The van der Waals surface area contributed by atoms with Gasteiger partial charge in [0.05, 0.1) is 11.3 Å². The number of anilines is 1. The van der Waals surface area contributed by atoms with E-state index in [9.17, 15) is 9.59 Å². The van der Waals surface area contributed by atoms with Gasteiger partial charge in [-0.2, -0.15) is 5.10 Å². The van der Waals surface area contributed by atoms with Crippen molar-refractivity contribution in [2.24, 2.45) is 7.05 Å². The SMILES string of the molecule is Cc1nn(C)c2ncc(C(=O)NC(=O)Nc3cccc(Br)c3)cc12. The van der Waals surface area contributed by atoms with E-state index >= 15 is 0 Å². The van der Waals surface area contributed by atoms with E-state index in [0.717, 1.165) is 15.6 Å². The van der Waals surface area contributed by atoms with Crippen molar-refractivity contribution < 1.29 is 9.59 Å². The molecule has 1 aromatic carbocycles. The van der Waals surface area contributed by atoms with Gasteiger partial charge in [-0.3, -0.25) is 14.8 Å². The molecule has 8 heteroatoms. The van der Waals surface area contributed by atoms with Crippen LogP contribution in [0.2, 0.25) is 0 Å². The van der Waals surface area contributed by atoms with Crippen molar-refractivity contribution in [1.29, 1.82) is 0 Å². The quantitative estimate of drug-likeness (QED) is 0.707. The first-order valence-corrected chi connectivity index (χ1v) is 7.90. The number of hydrogen-bond donors (Lipinski definition) is 2. The first-order chi connectivity index (χ1) is 11.4. The second-order valence-electron chi connectivity index (χ2n) is 5.22. The van der Waals surface area contributed by atoms with E-state index in [4.69, 9.17) is 0 Å². The Kier molecular flexibility index (Phi) is 4.30. The minimum absolute atomic E-state index is 0.294. The average Bonchev–Trinajstić information content (AvgIpc) is 2.81. The molecule has 2 aromatic heterocycles. The smallest absolute Gasteiger partial charge is 0.308 e. The minimum atomic E-state index is -0.610. The van der Waals surface area contributed by atoms with Crippen LogP contribution in [0, 0.1) is 6.92 Å². The van der Waals surface area contributed by atoms with Gasteiger partial charge in [-0.25, -0.2) is 9.78 Å². The fourth-order valence-electron chi connectivity index (χ4n) is 2.34. The highest BCUT2D eigenvalue weighted by Crippen LogP contribution is 2.17. The number of carbonyl (C=O) groups excluding carboxylic acids is 2. The highest BCUT2D eigenvalue weighted by Gasteiger charge is 2.14. The third-order valence-electron chi connectivity index (χ3n) is 3.43. The molecule has 2 N–H and O–H groups in total. The Balaban J connectivity index is 1.74. The van der Waals surface area contributed by atoms with Gasteiger partial charge in [0.15, 0.2) is 5.65 Å². The summed E-state index contributed by atoms with van der Waals surface area (Å²) in [7, 11) is 1.79. The number of hydrogen-bond acceptors (Lipinski definition) is 4. The number of fused-ring (bicyclic) bond motifs is 1. The number of aryl methyl sites for hydroxylation is 2. The van der Waals surface area contributed by atoms with E-state index in [2.05, 4.69) is 36.6 Å². The number of nitrogens with zero attached hydrogens (tertiary/aromatic N) is 3. The van der Waals surface area contributed by atoms with E-state index in [0.29, 0.717) is 16.9 Å². The summed E-state index contributed by atoms with van der Waals surface area (Å²) < 4.78 is 2.47. The molecule has 0 unspecified atom stereocenters. The number of urea groups is 1. The molecule has 0 aliphatic carbocycles. The van der Waals surface area contributed by atoms with Crippen LogP contribution in [0.5, 0.6) is 0 Å². The van der Waals surface area contributed by atoms with Crippen LogP contribution in [0.15, 0.2) is 41.0 Å². The highest BCUT2D eigenvalue weighted by atomic mass is 79.9. The average molecular weight is 388 g/mol. The first-order valence-electron chi connectivity index (χ1n) is 7.11. The minimum Gasteiger partial charge on any atom is -0.308 e. The Morgan fingerprint density at radius 3 is 2.79 bits per heavy atom. The Bertz CT molecular complexity index is 951. The molecule has 2 heterocycles. The van der Waals surface area contributed by atoms with Gasteiger partial charge >= 0.3 is 6.03 Å². The van der Waals surface area contributed by atoms with Gasteiger partial charge in [0.1, 0.15) is 0 Å². The number of nitrogens with one attached hydrogen (secondary N) is 2. The summed E-state index contributed by atoms with van der Waals surface area (Å²) in [5, 5.41) is 9.91. The zero-order valence-electron chi connectivity index (χ0n) is 13.0. The molecule has 0 aliphatic rings. The number of imide groups is 1. The van der Waals surface area contributed by atoms with Crippen LogP contribution < -0.4 is 10.6 Å². The van der Waals surface area contributed by atoms with Gasteiger partial charge in [0.2, 0.25) is 0 Å². The summed E-state index contributed by atoms with van der Waals surface area (Å²) in [6.45, 7) is 1.84. The molecule has 122 valence electrons. The molecule has 0 spiro atoms.